The lowest BCUT2D eigenvalue weighted by atomic mass is 9.98. The van der Waals surface area contributed by atoms with E-state index in [4.69, 9.17) is 21.7 Å². The molecule has 0 spiro atoms. The predicted molar refractivity (Wildman–Crippen MR) is 94.2 cm³/mol. The van der Waals surface area contributed by atoms with Crippen LogP contribution in [0.1, 0.15) is 46.0 Å². The van der Waals surface area contributed by atoms with Crippen LogP contribution in [0.5, 0.6) is 0 Å². The van der Waals surface area contributed by atoms with Crippen molar-refractivity contribution in [2.24, 2.45) is 17.4 Å². The van der Waals surface area contributed by atoms with Gasteiger partial charge in [0.15, 0.2) is 0 Å². The summed E-state index contributed by atoms with van der Waals surface area (Å²) in [6.07, 6.45) is -0.536. The minimum atomic E-state index is -1.45. The van der Waals surface area contributed by atoms with Gasteiger partial charge in [0.25, 0.3) is 0 Å². The molecule has 0 aromatic carbocycles. The number of carboxylic acid groups (broad SMARTS) is 2. The van der Waals surface area contributed by atoms with E-state index in [1.54, 1.807) is 6.92 Å². The highest BCUT2D eigenvalue weighted by Gasteiger charge is 2.29. The van der Waals surface area contributed by atoms with Crippen LogP contribution in [0.4, 0.5) is 0 Å². The Morgan fingerprint density at radius 2 is 1.44 bits per heavy atom. The Bertz CT molecular complexity index is 567. The average Bonchev–Trinajstić information content (AvgIpc) is 2.59. The van der Waals surface area contributed by atoms with Gasteiger partial charge in [-0.25, -0.2) is 4.79 Å². The van der Waals surface area contributed by atoms with Crippen molar-refractivity contribution in [3.63, 3.8) is 0 Å². The van der Waals surface area contributed by atoms with E-state index in [2.05, 4.69) is 10.6 Å². The first-order valence-corrected chi connectivity index (χ1v) is 8.58. The smallest absolute Gasteiger partial charge is 0.326 e. The summed E-state index contributed by atoms with van der Waals surface area (Å²) in [7, 11) is 0. The number of aliphatic carboxylic acids is 2. The summed E-state index contributed by atoms with van der Waals surface area (Å²) >= 11 is 0. The lowest BCUT2D eigenvalue weighted by molar-refractivity contribution is -0.143. The van der Waals surface area contributed by atoms with Crippen molar-refractivity contribution in [1.29, 1.82) is 0 Å². The van der Waals surface area contributed by atoms with Crippen LogP contribution in [0.25, 0.3) is 0 Å². The lowest BCUT2D eigenvalue weighted by Gasteiger charge is -2.24. The average molecular weight is 388 g/mol. The van der Waals surface area contributed by atoms with Crippen LogP contribution in [0, 0.1) is 5.92 Å². The predicted octanol–water partition coefficient (Wildman–Crippen LogP) is -1.46. The van der Waals surface area contributed by atoms with Crippen molar-refractivity contribution in [1.82, 2.24) is 10.6 Å². The van der Waals surface area contributed by atoms with Gasteiger partial charge in [-0.15, -0.1) is 0 Å². The number of nitrogens with two attached hydrogens (primary N) is 2. The van der Waals surface area contributed by atoms with E-state index >= 15 is 0 Å². The second-order valence-electron chi connectivity index (χ2n) is 6.31. The molecule has 0 heterocycles. The molecule has 4 atom stereocenters. The molecule has 154 valence electrons. The molecular weight excluding hydrogens is 360 g/mol. The molecule has 11 heteroatoms. The Morgan fingerprint density at radius 3 is 1.89 bits per heavy atom. The number of carboxylic acids is 2. The Morgan fingerprint density at radius 1 is 0.926 bits per heavy atom. The summed E-state index contributed by atoms with van der Waals surface area (Å²) in [6.45, 7) is 3.60. The van der Waals surface area contributed by atoms with Gasteiger partial charge in [0.2, 0.25) is 17.7 Å². The molecule has 0 aliphatic heterocycles. The minimum Gasteiger partial charge on any atom is -0.481 e. The zero-order valence-corrected chi connectivity index (χ0v) is 15.4. The quantitative estimate of drug-likeness (QED) is 0.220. The van der Waals surface area contributed by atoms with E-state index in [-0.39, 0.29) is 25.2 Å². The van der Waals surface area contributed by atoms with Gasteiger partial charge in [0.05, 0.1) is 6.04 Å². The second kappa shape index (κ2) is 11.8. The highest BCUT2D eigenvalue weighted by molar-refractivity contribution is 5.92. The molecule has 11 nitrogen and oxygen atoms in total. The lowest BCUT2D eigenvalue weighted by Crippen LogP contribution is -2.55. The van der Waals surface area contributed by atoms with Crippen molar-refractivity contribution in [3.05, 3.63) is 0 Å². The van der Waals surface area contributed by atoms with Crippen molar-refractivity contribution in [2.75, 3.05) is 0 Å². The molecule has 27 heavy (non-hydrogen) atoms. The molecule has 8 N–H and O–H groups in total. The van der Waals surface area contributed by atoms with E-state index in [0.717, 1.165) is 0 Å². The second-order valence-corrected chi connectivity index (χ2v) is 6.31. The fourth-order valence-electron chi connectivity index (χ4n) is 2.13. The monoisotopic (exact) mass is 388 g/mol. The third-order valence-electron chi connectivity index (χ3n) is 4.13. The van der Waals surface area contributed by atoms with Gasteiger partial charge < -0.3 is 32.3 Å². The van der Waals surface area contributed by atoms with Gasteiger partial charge in [-0.2, -0.15) is 0 Å². The molecule has 0 unspecified atom stereocenters. The summed E-state index contributed by atoms with van der Waals surface area (Å²) in [5.41, 5.74) is 10.9. The number of rotatable bonds is 13. The number of hydrogen-bond acceptors (Lipinski definition) is 6. The van der Waals surface area contributed by atoms with Gasteiger partial charge in [-0.3, -0.25) is 19.2 Å². The third kappa shape index (κ3) is 9.54. The van der Waals surface area contributed by atoms with Crippen LogP contribution >= 0.6 is 0 Å². The first-order chi connectivity index (χ1) is 12.5. The molecule has 0 aromatic heterocycles. The summed E-state index contributed by atoms with van der Waals surface area (Å²) in [6, 6.07) is -3.57. The van der Waals surface area contributed by atoms with Crippen LogP contribution in [-0.2, 0) is 24.0 Å². The van der Waals surface area contributed by atoms with E-state index in [1.165, 1.54) is 0 Å². The maximum absolute atomic E-state index is 12.4. The number of amides is 3. The maximum atomic E-state index is 12.4. The number of primary amides is 1. The molecule has 0 radical (unpaired) electrons. The van der Waals surface area contributed by atoms with Gasteiger partial charge >= 0.3 is 11.9 Å². The maximum Gasteiger partial charge on any atom is 0.326 e. The highest BCUT2D eigenvalue weighted by Crippen LogP contribution is 2.07. The van der Waals surface area contributed by atoms with E-state index < -0.39 is 54.2 Å². The molecule has 0 bridgehead atoms. The fraction of sp³-hybridized carbons (Fsp3) is 0.688. The van der Waals surface area contributed by atoms with Gasteiger partial charge in [0, 0.05) is 12.8 Å². The van der Waals surface area contributed by atoms with Crippen molar-refractivity contribution >= 4 is 29.7 Å². The largest absolute Gasteiger partial charge is 0.481 e. The molecular formula is C16H28N4O7. The molecule has 0 aliphatic carbocycles. The zero-order valence-electron chi connectivity index (χ0n) is 15.4. The molecule has 0 fully saturated rings. The molecule has 0 rings (SSSR count). The van der Waals surface area contributed by atoms with Crippen molar-refractivity contribution in [3.8, 4) is 0 Å². The molecule has 0 saturated carbocycles. The van der Waals surface area contributed by atoms with Crippen LogP contribution in [0.3, 0.4) is 0 Å². The Kier molecular flexibility index (Phi) is 10.7. The van der Waals surface area contributed by atoms with Crippen LogP contribution in [0.15, 0.2) is 0 Å². The van der Waals surface area contributed by atoms with Crippen molar-refractivity contribution in [2.45, 2.75) is 64.1 Å². The normalized spacial score (nSPS) is 15.1. The van der Waals surface area contributed by atoms with Crippen LogP contribution in [0.2, 0.25) is 0 Å². The molecule has 0 saturated heterocycles. The third-order valence-corrected chi connectivity index (χ3v) is 4.13. The molecule has 3 amide bonds. The van der Waals surface area contributed by atoms with E-state index in [0.29, 0.717) is 6.42 Å². The first kappa shape index (κ1) is 24.3. The van der Waals surface area contributed by atoms with Crippen LogP contribution in [-0.4, -0.2) is 58.0 Å². The summed E-state index contributed by atoms with van der Waals surface area (Å²) in [5, 5.41) is 22.4. The topological polar surface area (TPSA) is 202 Å². The Balaban J connectivity index is 5.15. The summed E-state index contributed by atoms with van der Waals surface area (Å²) < 4.78 is 0. The Labute approximate surface area is 156 Å². The van der Waals surface area contributed by atoms with Crippen LogP contribution < -0.4 is 22.1 Å². The number of hydrogen-bond donors (Lipinski definition) is 6. The minimum absolute atomic E-state index is 0.147. The number of carbonyl (C=O) groups excluding carboxylic acids is 3. The SMILES string of the molecule is CC[C@H](C)[C@H](N)C(=O)N[C@@H](CCC(N)=O)C(=O)N[C@@H](CCC(=O)O)C(=O)O. The summed E-state index contributed by atoms with van der Waals surface area (Å²) in [4.78, 5) is 57.4. The van der Waals surface area contributed by atoms with Gasteiger partial charge in [-0.05, 0) is 18.8 Å². The van der Waals surface area contributed by atoms with E-state index in [1.807, 2.05) is 6.92 Å². The number of carbonyl (C=O) groups is 5. The van der Waals surface area contributed by atoms with Gasteiger partial charge in [-0.1, -0.05) is 20.3 Å². The molecule has 0 aromatic rings. The summed E-state index contributed by atoms with van der Waals surface area (Å²) in [5.74, 6) is -4.97. The fourth-order valence-corrected chi connectivity index (χ4v) is 2.13. The standard InChI is InChI=1S/C16H28N4O7/c1-3-8(2)13(18)15(25)19-9(4-6-11(17)21)14(24)20-10(16(26)27)5-7-12(22)23/h8-10,13H,3-7,18H2,1-2H3,(H2,17,21)(H,19,25)(H,20,24)(H,22,23)(H,26,27)/t8-,9-,10-,13-/m0/s1. The van der Waals surface area contributed by atoms with Gasteiger partial charge in [0.1, 0.15) is 12.1 Å². The molecule has 0 aliphatic rings. The zero-order chi connectivity index (χ0) is 21.1. The number of nitrogens with one attached hydrogen (secondary N) is 2. The van der Waals surface area contributed by atoms with E-state index in [9.17, 15) is 24.0 Å². The van der Waals surface area contributed by atoms with Crippen molar-refractivity contribution < 1.29 is 34.2 Å². The first-order valence-electron chi connectivity index (χ1n) is 8.58. The highest BCUT2D eigenvalue weighted by atomic mass is 16.4. The Hall–Kier alpha value is -2.69.